The monoisotopic (exact) mass is 339 g/mol. The molecule has 2 atom stereocenters. The summed E-state index contributed by atoms with van der Waals surface area (Å²) in [4.78, 5) is 15.0. The molecular formula is C20H22FN3O. The van der Waals surface area contributed by atoms with Crippen molar-refractivity contribution in [2.45, 2.75) is 43.9 Å². The molecule has 4 nitrogen and oxygen atoms in total. The molecule has 1 aliphatic heterocycles. The van der Waals surface area contributed by atoms with E-state index in [-0.39, 0.29) is 23.8 Å². The molecule has 25 heavy (non-hydrogen) atoms. The van der Waals surface area contributed by atoms with Crippen LogP contribution in [0.25, 0.3) is 0 Å². The minimum atomic E-state index is -0.250. The standard InChI is InChI=1S/C20H22FN3O/c21-16-8-6-14(7-9-16)13-24(17-10-11-17)20(25)19-12-18(22-23-19)15-4-2-1-3-5-15/h1-9,17-19,22-23H,10-13H2. The number of hydrogen-bond acceptors (Lipinski definition) is 3. The molecule has 0 bridgehead atoms. The first-order valence-electron chi connectivity index (χ1n) is 8.81. The number of nitrogens with zero attached hydrogens (tertiary/aromatic N) is 1. The quantitative estimate of drug-likeness (QED) is 0.880. The SMILES string of the molecule is O=C(C1CC(c2ccccc2)NN1)N(Cc1ccc(F)cc1)C1CC1. The van der Waals surface area contributed by atoms with Crippen molar-refractivity contribution in [2.24, 2.45) is 0 Å². The van der Waals surface area contributed by atoms with Crippen molar-refractivity contribution in [1.82, 2.24) is 15.8 Å². The summed E-state index contributed by atoms with van der Waals surface area (Å²) in [5.41, 5.74) is 8.55. The van der Waals surface area contributed by atoms with Gasteiger partial charge in [-0.3, -0.25) is 4.79 Å². The fraction of sp³-hybridized carbons (Fsp3) is 0.350. The third-order valence-corrected chi connectivity index (χ3v) is 4.94. The molecule has 0 aromatic heterocycles. The average Bonchev–Trinajstić information content (AvgIpc) is 3.37. The van der Waals surface area contributed by atoms with Crippen LogP contribution in [-0.2, 0) is 11.3 Å². The molecule has 2 aliphatic rings. The van der Waals surface area contributed by atoms with Gasteiger partial charge in [0.15, 0.2) is 0 Å². The summed E-state index contributed by atoms with van der Waals surface area (Å²) < 4.78 is 13.1. The van der Waals surface area contributed by atoms with Gasteiger partial charge in [-0.25, -0.2) is 15.2 Å². The van der Waals surface area contributed by atoms with Gasteiger partial charge < -0.3 is 4.90 Å². The Balaban J connectivity index is 1.44. The van der Waals surface area contributed by atoms with Gasteiger partial charge in [-0.05, 0) is 42.5 Å². The van der Waals surface area contributed by atoms with E-state index in [4.69, 9.17) is 0 Å². The highest BCUT2D eigenvalue weighted by molar-refractivity contribution is 5.83. The van der Waals surface area contributed by atoms with E-state index in [2.05, 4.69) is 23.0 Å². The second-order valence-electron chi connectivity index (χ2n) is 6.86. The number of carbonyl (C=O) groups is 1. The number of hydrazine groups is 1. The molecule has 2 fully saturated rings. The van der Waals surface area contributed by atoms with Crippen LogP contribution in [0.5, 0.6) is 0 Å². The first-order valence-corrected chi connectivity index (χ1v) is 8.81. The molecule has 2 unspecified atom stereocenters. The minimum absolute atomic E-state index is 0.123. The number of hydrogen-bond donors (Lipinski definition) is 2. The van der Waals surface area contributed by atoms with E-state index in [0.717, 1.165) is 24.8 Å². The molecule has 130 valence electrons. The van der Waals surface area contributed by atoms with Crippen LogP contribution in [-0.4, -0.2) is 22.9 Å². The second-order valence-corrected chi connectivity index (χ2v) is 6.86. The lowest BCUT2D eigenvalue weighted by atomic mass is 10.0. The van der Waals surface area contributed by atoms with Gasteiger partial charge in [0.05, 0.1) is 0 Å². The van der Waals surface area contributed by atoms with Gasteiger partial charge in [-0.2, -0.15) is 0 Å². The van der Waals surface area contributed by atoms with Crippen molar-refractivity contribution in [2.75, 3.05) is 0 Å². The molecule has 1 saturated carbocycles. The zero-order valence-electron chi connectivity index (χ0n) is 14.0. The van der Waals surface area contributed by atoms with Crippen LogP contribution in [0.4, 0.5) is 4.39 Å². The maximum atomic E-state index is 13.1. The molecule has 2 aromatic carbocycles. The van der Waals surface area contributed by atoms with Gasteiger partial charge in [-0.15, -0.1) is 0 Å². The Kier molecular flexibility index (Phi) is 4.51. The third-order valence-electron chi connectivity index (χ3n) is 4.94. The summed E-state index contributed by atoms with van der Waals surface area (Å²) in [6.45, 7) is 0.540. The van der Waals surface area contributed by atoms with Gasteiger partial charge in [0.25, 0.3) is 0 Å². The van der Waals surface area contributed by atoms with Crippen LogP contribution in [0.15, 0.2) is 54.6 Å². The Bertz CT molecular complexity index is 730. The number of halogens is 1. The topological polar surface area (TPSA) is 44.4 Å². The molecule has 1 saturated heterocycles. The van der Waals surface area contributed by atoms with Crippen LogP contribution in [0.1, 0.15) is 36.4 Å². The normalized spacial score (nSPS) is 22.8. The number of rotatable bonds is 5. The highest BCUT2D eigenvalue weighted by Crippen LogP contribution is 2.31. The maximum absolute atomic E-state index is 13.1. The molecule has 1 amide bonds. The zero-order chi connectivity index (χ0) is 17.2. The predicted octanol–water partition coefficient (Wildman–Crippen LogP) is 2.92. The average molecular weight is 339 g/mol. The summed E-state index contributed by atoms with van der Waals surface area (Å²) >= 11 is 0. The molecule has 1 aliphatic carbocycles. The number of amides is 1. The first kappa shape index (κ1) is 16.2. The molecule has 1 heterocycles. The van der Waals surface area contributed by atoms with E-state index < -0.39 is 0 Å². The van der Waals surface area contributed by atoms with Gasteiger partial charge in [0.1, 0.15) is 11.9 Å². The fourth-order valence-corrected chi connectivity index (χ4v) is 3.38. The smallest absolute Gasteiger partial charge is 0.241 e. The lowest BCUT2D eigenvalue weighted by Gasteiger charge is -2.25. The Morgan fingerprint density at radius 3 is 2.44 bits per heavy atom. The predicted molar refractivity (Wildman–Crippen MR) is 93.8 cm³/mol. The van der Waals surface area contributed by atoms with E-state index in [1.165, 1.54) is 17.7 Å². The van der Waals surface area contributed by atoms with Crippen LogP contribution in [0.2, 0.25) is 0 Å². The summed E-state index contributed by atoms with van der Waals surface area (Å²) in [7, 11) is 0. The maximum Gasteiger partial charge on any atom is 0.241 e. The van der Waals surface area contributed by atoms with Crippen LogP contribution >= 0.6 is 0 Å². The van der Waals surface area contributed by atoms with Gasteiger partial charge in [-0.1, -0.05) is 42.5 Å². The molecule has 5 heteroatoms. The zero-order valence-corrected chi connectivity index (χ0v) is 14.0. The molecule has 0 spiro atoms. The van der Waals surface area contributed by atoms with Gasteiger partial charge in [0.2, 0.25) is 5.91 Å². The second kappa shape index (κ2) is 6.94. The van der Waals surface area contributed by atoms with E-state index in [1.54, 1.807) is 12.1 Å². The van der Waals surface area contributed by atoms with E-state index in [0.29, 0.717) is 12.6 Å². The lowest BCUT2D eigenvalue weighted by Crippen LogP contribution is -2.46. The fourth-order valence-electron chi connectivity index (χ4n) is 3.38. The van der Waals surface area contributed by atoms with Crippen molar-refractivity contribution < 1.29 is 9.18 Å². The summed E-state index contributed by atoms with van der Waals surface area (Å²) in [6.07, 6.45) is 2.83. The molecule has 2 aromatic rings. The largest absolute Gasteiger partial charge is 0.334 e. The van der Waals surface area contributed by atoms with Crippen molar-refractivity contribution >= 4 is 5.91 Å². The van der Waals surface area contributed by atoms with Crippen LogP contribution < -0.4 is 10.9 Å². The van der Waals surface area contributed by atoms with E-state index in [1.807, 2.05) is 23.1 Å². The molecule has 4 rings (SSSR count). The van der Waals surface area contributed by atoms with Crippen molar-refractivity contribution in [3.63, 3.8) is 0 Å². The Hall–Kier alpha value is -2.24. The summed E-state index contributed by atoms with van der Waals surface area (Å²) in [5.74, 6) is -0.127. The highest BCUT2D eigenvalue weighted by Gasteiger charge is 2.38. The summed E-state index contributed by atoms with van der Waals surface area (Å²) in [5, 5.41) is 0. The molecular weight excluding hydrogens is 317 g/mol. The highest BCUT2D eigenvalue weighted by atomic mass is 19.1. The van der Waals surface area contributed by atoms with E-state index >= 15 is 0 Å². The Morgan fingerprint density at radius 2 is 1.76 bits per heavy atom. The number of carbonyl (C=O) groups excluding carboxylic acids is 1. The first-order chi connectivity index (χ1) is 12.2. The summed E-state index contributed by atoms with van der Waals surface area (Å²) in [6, 6.07) is 16.8. The van der Waals surface area contributed by atoms with Crippen LogP contribution in [0.3, 0.4) is 0 Å². The Labute approximate surface area is 147 Å². The van der Waals surface area contributed by atoms with E-state index in [9.17, 15) is 9.18 Å². The molecule has 2 N–H and O–H groups in total. The Morgan fingerprint density at radius 1 is 1.04 bits per heavy atom. The molecule has 0 radical (unpaired) electrons. The third kappa shape index (κ3) is 3.72. The minimum Gasteiger partial charge on any atom is -0.334 e. The lowest BCUT2D eigenvalue weighted by molar-refractivity contribution is -0.134. The number of benzene rings is 2. The van der Waals surface area contributed by atoms with Crippen molar-refractivity contribution in [3.05, 3.63) is 71.5 Å². The van der Waals surface area contributed by atoms with Crippen molar-refractivity contribution in [3.8, 4) is 0 Å². The van der Waals surface area contributed by atoms with Crippen LogP contribution in [0, 0.1) is 5.82 Å². The van der Waals surface area contributed by atoms with Gasteiger partial charge >= 0.3 is 0 Å². The van der Waals surface area contributed by atoms with Gasteiger partial charge in [0, 0.05) is 18.6 Å². The number of nitrogens with one attached hydrogen (secondary N) is 2. The van der Waals surface area contributed by atoms with Crippen molar-refractivity contribution in [1.29, 1.82) is 0 Å².